The number of aliphatic imine (C=N–C) groups is 1. The zero-order valence-corrected chi connectivity index (χ0v) is 10.3. The standard InChI is InChI=1S/C11H12N2OS.ClH/c14-10(9-5-2-1-3-6-9)13-11-12-7-4-8-15-11;/h1-3,5-6H,4,7-8H2,(H,12,13,14);1H. The normalized spacial score (nSPS) is 14.6. The van der Waals surface area contributed by atoms with E-state index in [9.17, 15) is 4.79 Å². The van der Waals surface area contributed by atoms with Crippen LogP contribution in [0.2, 0.25) is 0 Å². The predicted octanol–water partition coefficient (Wildman–Crippen LogP) is 2.33. The molecule has 0 unspecified atom stereocenters. The van der Waals surface area contributed by atoms with Gasteiger partial charge in [-0.25, -0.2) is 0 Å². The summed E-state index contributed by atoms with van der Waals surface area (Å²) < 4.78 is 0. The molecule has 0 aliphatic carbocycles. The average Bonchev–Trinajstić information content (AvgIpc) is 2.31. The monoisotopic (exact) mass is 256 g/mol. The number of hydrogen-bond acceptors (Lipinski definition) is 3. The Morgan fingerprint density at radius 2 is 2.06 bits per heavy atom. The molecule has 0 atom stereocenters. The molecule has 86 valence electrons. The van der Waals surface area contributed by atoms with Crippen molar-refractivity contribution < 1.29 is 4.79 Å². The molecule has 1 aliphatic heterocycles. The van der Waals surface area contributed by atoms with Gasteiger partial charge in [0.05, 0.1) is 0 Å². The lowest BCUT2D eigenvalue weighted by molar-refractivity contribution is 0.0978. The van der Waals surface area contributed by atoms with Gasteiger partial charge in [0.15, 0.2) is 5.17 Å². The smallest absolute Gasteiger partial charge is 0.257 e. The number of hydrogen-bond donors (Lipinski definition) is 1. The highest BCUT2D eigenvalue weighted by molar-refractivity contribution is 8.13. The summed E-state index contributed by atoms with van der Waals surface area (Å²) in [6, 6.07) is 9.19. The fraction of sp³-hybridized carbons (Fsp3) is 0.273. The molecule has 0 saturated carbocycles. The number of nitrogens with one attached hydrogen (secondary N) is 1. The van der Waals surface area contributed by atoms with E-state index in [2.05, 4.69) is 10.3 Å². The van der Waals surface area contributed by atoms with Gasteiger partial charge in [0.1, 0.15) is 0 Å². The van der Waals surface area contributed by atoms with E-state index in [1.165, 1.54) is 0 Å². The summed E-state index contributed by atoms with van der Waals surface area (Å²) in [5.41, 5.74) is 0.673. The number of carbonyl (C=O) groups is 1. The highest BCUT2D eigenvalue weighted by atomic mass is 35.5. The Hall–Kier alpha value is -1.00. The van der Waals surface area contributed by atoms with Crippen molar-refractivity contribution in [2.24, 2.45) is 4.99 Å². The van der Waals surface area contributed by atoms with Gasteiger partial charge in [-0.1, -0.05) is 30.0 Å². The van der Waals surface area contributed by atoms with E-state index in [1.807, 2.05) is 18.2 Å². The van der Waals surface area contributed by atoms with Crippen LogP contribution in [0.25, 0.3) is 0 Å². The molecule has 0 aromatic heterocycles. The predicted molar refractivity (Wildman–Crippen MR) is 70.5 cm³/mol. The van der Waals surface area contributed by atoms with E-state index in [4.69, 9.17) is 0 Å². The SMILES string of the molecule is Cl.O=C(NC1=NCCCS1)c1ccccc1. The Balaban J connectivity index is 0.00000128. The van der Waals surface area contributed by atoms with Crippen LogP contribution in [0.4, 0.5) is 0 Å². The first kappa shape index (κ1) is 13.1. The van der Waals surface area contributed by atoms with Gasteiger partial charge in [0.25, 0.3) is 5.91 Å². The van der Waals surface area contributed by atoms with Crippen molar-refractivity contribution >= 4 is 35.2 Å². The van der Waals surface area contributed by atoms with Crippen molar-refractivity contribution in [1.82, 2.24) is 5.32 Å². The van der Waals surface area contributed by atoms with Crippen LogP contribution in [0.3, 0.4) is 0 Å². The molecule has 1 N–H and O–H groups in total. The van der Waals surface area contributed by atoms with Crippen LogP contribution in [0.1, 0.15) is 16.8 Å². The second-order valence-electron chi connectivity index (χ2n) is 3.21. The number of rotatable bonds is 1. The number of amides is 1. The number of carbonyl (C=O) groups excluding carboxylic acids is 1. The minimum atomic E-state index is -0.0799. The molecule has 1 heterocycles. The van der Waals surface area contributed by atoms with Gasteiger partial charge in [0.2, 0.25) is 0 Å². The zero-order chi connectivity index (χ0) is 10.5. The van der Waals surface area contributed by atoms with E-state index in [1.54, 1.807) is 23.9 Å². The van der Waals surface area contributed by atoms with E-state index in [0.717, 1.165) is 23.9 Å². The Morgan fingerprint density at radius 1 is 1.31 bits per heavy atom. The molecule has 1 aliphatic rings. The summed E-state index contributed by atoms with van der Waals surface area (Å²) >= 11 is 1.60. The summed E-state index contributed by atoms with van der Waals surface area (Å²) in [6.07, 6.45) is 1.09. The molecule has 5 heteroatoms. The highest BCUT2D eigenvalue weighted by Crippen LogP contribution is 2.10. The van der Waals surface area contributed by atoms with Gasteiger partial charge in [-0.2, -0.15) is 0 Å². The summed E-state index contributed by atoms with van der Waals surface area (Å²) in [4.78, 5) is 16.0. The topological polar surface area (TPSA) is 41.5 Å². The van der Waals surface area contributed by atoms with Gasteiger partial charge in [-0.3, -0.25) is 9.79 Å². The first-order valence-electron chi connectivity index (χ1n) is 4.90. The van der Waals surface area contributed by atoms with Gasteiger partial charge in [-0.05, 0) is 18.6 Å². The summed E-state index contributed by atoms with van der Waals surface area (Å²) in [5, 5.41) is 3.55. The van der Waals surface area contributed by atoms with E-state index in [0.29, 0.717) is 5.56 Å². The van der Waals surface area contributed by atoms with Gasteiger partial charge >= 0.3 is 0 Å². The van der Waals surface area contributed by atoms with E-state index < -0.39 is 0 Å². The molecular weight excluding hydrogens is 244 g/mol. The quantitative estimate of drug-likeness (QED) is 0.838. The molecule has 1 amide bonds. The van der Waals surface area contributed by atoms with Crippen molar-refractivity contribution in [1.29, 1.82) is 0 Å². The van der Waals surface area contributed by atoms with Crippen molar-refractivity contribution in [2.75, 3.05) is 12.3 Å². The van der Waals surface area contributed by atoms with Crippen LogP contribution < -0.4 is 5.32 Å². The Bertz CT molecular complexity index is 381. The zero-order valence-electron chi connectivity index (χ0n) is 8.68. The van der Waals surface area contributed by atoms with Crippen molar-refractivity contribution in [3.63, 3.8) is 0 Å². The molecule has 0 spiro atoms. The number of amidine groups is 1. The fourth-order valence-electron chi connectivity index (χ4n) is 1.29. The maximum atomic E-state index is 11.7. The molecule has 2 rings (SSSR count). The first-order chi connectivity index (χ1) is 7.36. The lowest BCUT2D eigenvalue weighted by Crippen LogP contribution is -2.30. The Morgan fingerprint density at radius 3 is 2.69 bits per heavy atom. The molecule has 1 aromatic carbocycles. The van der Waals surface area contributed by atoms with Crippen molar-refractivity contribution in [2.45, 2.75) is 6.42 Å². The molecule has 3 nitrogen and oxygen atoms in total. The van der Waals surface area contributed by atoms with Crippen molar-refractivity contribution in [3.05, 3.63) is 35.9 Å². The third-order valence-corrected chi connectivity index (χ3v) is 3.05. The first-order valence-corrected chi connectivity index (χ1v) is 5.88. The number of benzene rings is 1. The minimum absolute atomic E-state index is 0. The molecule has 1 aromatic rings. The second-order valence-corrected chi connectivity index (χ2v) is 4.29. The van der Waals surface area contributed by atoms with Crippen LogP contribution in [0.15, 0.2) is 35.3 Å². The number of nitrogens with zero attached hydrogens (tertiary/aromatic N) is 1. The van der Waals surface area contributed by atoms with E-state index in [-0.39, 0.29) is 18.3 Å². The van der Waals surface area contributed by atoms with Gasteiger partial charge in [0, 0.05) is 17.9 Å². The Labute approximate surface area is 105 Å². The van der Waals surface area contributed by atoms with Crippen LogP contribution >= 0.6 is 24.2 Å². The third-order valence-electron chi connectivity index (χ3n) is 2.05. The highest BCUT2D eigenvalue weighted by Gasteiger charge is 2.10. The number of halogens is 1. The molecule has 0 radical (unpaired) electrons. The Kier molecular flexibility index (Phi) is 5.35. The summed E-state index contributed by atoms with van der Waals surface area (Å²) in [5.74, 6) is 0.956. The lowest BCUT2D eigenvalue weighted by atomic mass is 10.2. The van der Waals surface area contributed by atoms with Crippen molar-refractivity contribution in [3.8, 4) is 0 Å². The molecular formula is C11H13ClN2OS. The van der Waals surface area contributed by atoms with Gasteiger partial charge in [-0.15, -0.1) is 12.4 Å². The van der Waals surface area contributed by atoms with Crippen LogP contribution in [-0.4, -0.2) is 23.4 Å². The van der Waals surface area contributed by atoms with Crippen LogP contribution in [0.5, 0.6) is 0 Å². The minimum Gasteiger partial charge on any atom is -0.301 e. The molecule has 0 fully saturated rings. The maximum Gasteiger partial charge on any atom is 0.257 e. The maximum absolute atomic E-state index is 11.7. The summed E-state index contributed by atoms with van der Waals surface area (Å²) in [7, 11) is 0. The molecule has 0 saturated heterocycles. The second kappa shape index (κ2) is 6.55. The van der Waals surface area contributed by atoms with E-state index >= 15 is 0 Å². The molecule has 0 bridgehead atoms. The molecule has 16 heavy (non-hydrogen) atoms. The fourth-order valence-corrected chi connectivity index (χ4v) is 2.11. The average molecular weight is 257 g/mol. The number of thioether (sulfide) groups is 1. The lowest BCUT2D eigenvalue weighted by Gasteiger charge is -2.11. The van der Waals surface area contributed by atoms with Crippen LogP contribution in [-0.2, 0) is 0 Å². The third kappa shape index (κ3) is 3.54. The summed E-state index contributed by atoms with van der Waals surface area (Å²) in [6.45, 7) is 0.817. The van der Waals surface area contributed by atoms with Crippen LogP contribution in [0, 0.1) is 0 Å². The van der Waals surface area contributed by atoms with Gasteiger partial charge < -0.3 is 5.32 Å². The largest absolute Gasteiger partial charge is 0.301 e.